The van der Waals surface area contributed by atoms with Crippen molar-refractivity contribution >= 4 is 11.8 Å². The van der Waals surface area contributed by atoms with Gasteiger partial charge in [-0.05, 0) is 32.4 Å². The molecule has 2 N–H and O–H groups in total. The fourth-order valence-electron chi connectivity index (χ4n) is 2.76. The van der Waals surface area contributed by atoms with Gasteiger partial charge in [0.05, 0.1) is 11.9 Å². The van der Waals surface area contributed by atoms with Gasteiger partial charge in [-0.3, -0.25) is 9.59 Å². The number of ether oxygens (including phenoxy) is 1. The number of rotatable bonds is 5. The summed E-state index contributed by atoms with van der Waals surface area (Å²) in [5.74, 6) is -0.422. The van der Waals surface area contributed by atoms with Crippen LogP contribution >= 0.6 is 0 Å². The molecule has 6 nitrogen and oxygen atoms in total. The zero-order valence-corrected chi connectivity index (χ0v) is 13.7. The summed E-state index contributed by atoms with van der Waals surface area (Å²) in [5, 5.41) is 5.60. The van der Waals surface area contributed by atoms with Gasteiger partial charge in [0.1, 0.15) is 6.04 Å². The number of carbonyl (C=O) groups is 2. The van der Waals surface area contributed by atoms with Gasteiger partial charge in [0, 0.05) is 18.6 Å². The molecule has 2 rings (SSSR count). The van der Waals surface area contributed by atoms with Crippen molar-refractivity contribution in [2.45, 2.75) is 51.8 Å². The zero-order valence-electron chi connectivity index (χ0n) is 13.7. The summed E-state index contributed by atoms with van der Waals surface area (Å²) in [7, 11) is 1.69. The Morgan fingerprint density at radius 1 is 1.41 bits per heavy atom. The van der Waals surface area contributed by atoms with E-state index < -0.39 is 11.9 Å². The van der Waals surface area contributed by atoms with E-state index in [1.54, 1.807) is 26.2 Å². The number of amides is 2. The molecule has 1 fully saturated rings. The van der Waals surface area contributed by atoms with Crippen molar-refractivity contribution in [3.05, 3.63) is 24.2 Å². The van der Waals surface area contributed by atoms with E-state index in [1.165, 1.54) is 6.26 Å². The molecule has 0 aromatic carbocycles. The first kappa shape index (κ1) is 16.5. The summed E-state index contributed by atoms with van der Waals surface area (Å²) in [6, 6.07) is 2.57. The lowest BCUT2D eigenvalue weighted by Crippen LogP contribution is -2.69. The second-order valence-electron chi connectivity index (χ2n) is 6.59. The van der Waals surface area contributed by atoms with Crippen molar-refractivity contribution in [2.75, 3.05) is 7.11 Å². The lowest BCUT2D eigenvalue weighted by molar-refractivity contribution is -0.182. The normalized spacial score (nSPS) is 27.6. The third-order valence-corrected chi connectivity index (χ3v) is 5.08. The molecule has 0 radical (unpaired) electrons. The lowest BCUT2D eigenvalue weighted by Gasteiger charge is -2.59. The van der Waals surface area contributed by atoms with Crippen LogP contribution in [0.25, 0.3) is 0 Å². The number of nitrogens with one attached hydrogen (secondary N) is 2. The highest BCUT2D eigenvalue weighted by Gasteiger charge is 2.58. The molecule has 3 atom stereocenters. The van der Waals surface area contributed by atoms with Gasteiger partial charge < -0.3 is 19.8 Å². The van der Waals surface area contributed by atoms with Gasteiger partial charge in [0.25, 0.3) is 5.91 Å². The Labute approximate surface area is 130 Å². The first-order valence-corrected chi connectivity index (χ1v) is 7.41. The minimum absolute atomic E-state index is 0.0212. The van der Waals surface area contributed by atoms with Crippen LogP contribution in [-0.4, -0.2) is 36.6 Å². The minimum Gasteiger partial charge on any atom is -0.459 e. The standard InChI is InChI=1S/C16H24N2O4/c1-10(17-14(20)11-7-6-8-22-11)13(19)18-12-9-16(4,21-5)15(12,2)3/h6-8,10,12H,9H2,1-5H3,(H,17,20)(H,18,19). The van der Waals surface area contributed by atoms with Crippen molar-refractivity contribution in [3.63, 3.8) is 0 Å². The number of methoxy groups -OCH3 is 1. The maximum absolute atomic E-state index is 12.2. The van der Waals surface area contributed by atoms with E-state index in [0.717, 1.165) is 6.42 Å². The Hall–Kier alpha value is -1.82. The van der Waals surface area contributed by atoms with Crippen LogP contribution < -0.4 is 10.6 Å². The topological polar surface area (TPSA) is 80.6 Å². The molecule has 22 heavy (non-hydrogen) atoms. The van der Waals surface area contributed by atoms with Crippen molar-refractivity contribution < 1.29 is 18.7 Å². The summed E-state index contributed by atoms with van der Waals surface area (Å²) in [4.78, 5) is 24.1. The van der Waals surface area contributed by atoms with Gasteiger partial charge in [-0.2, -0.15) is 0 Å². The molecule has 122 valence electrons. The third kappa shape index (κ3) is 2.75. The molecule has 0 saturated heterocycles. The van der Waals surface area contributed by atoms with E-state index in [2.05, 4.69) is 24.5 Å². The Bertz CT molecular complexity index is 553. The summed E-state index contributed by atoms with van der Waals surface area (Å²) in [6.07, 6.45) is 2.17. The lowest BCUT2D eigenvalue weighted by atomic mass is 9.56. The maximum atomic E-state index is 12.2. The molecule has 0 aliphatic heterocycles. The highest BCUT2D eigenvalue weighted by Crippen LogP contribution is 2.51. The number of furan rings is 1. The van der Waals surface area contributed by atoms with Crippen molar-refractivity contribution in [1.82, 2.24) is 10.6 Å². The van der Waals surface area contributed by atoms with Crippen LogP contribution in [0.5, 0.6) is 0 Å². The SMILES string of the molecule is COC1(C)CC(NC(=O)C(C)NC(=O)c2ccco2)C1(C)C. The minimum atomic E-state index is -0.636. The van der Waals surface area contributed by atoms with Crippen LogP contribution in [0.4, 0.5) is 0 Å². The zero-order chi connectivity index (χ0) is 16.5. The Kier molecular flexibility index (Phi) is 4.33. The van der Waals surface area contributed by atoms with Gasteiger partial charge in [0.2, 0.25) is 5.91 Å². The first-order chi connectivity index (χ1) is 10.2. The predicted molar refractivity (Wildman–Crippen MR) is 81.4 cm³/mol. The average Bonchev–Trinajstić information content (AvgIpc) is 3.00. The van der Waals surface area contributed by atoms with E-state index in [-0.39, 0.29) is 28.7 Å². The quantitative estimate of drug-likeness (QED) is 0.868. The molecule has 3 unspecified atom stereocenters. The fourth-order valence-corrected chi connectivity index (χ4v) is 2.76. The van der Waals surface area contributed by atoms with E-state index >= 15 is 0 Å². The predicted octanol–water partition coefficient (Wildman–Crippen LogP) is 1.72. The number of carbonyl (C=O) groups excluding carboxylic acids is 2. The van der Waals surface area contributed by atoms with Gasteiger partial charge in [-0.15, -0.1) is 0 Å². The molecule has 1 aliphatic carbocycles. The fraction of sp³-hybridized carbons (Fsp3) is 0.625. The van der Waals surface area contributed by atoms with Crippen LogP contribution in [-0.2, 0) is 9.53 Å². The Morgan fingerprint density at radius 3 is 2.59 bits per heavy atom. The van der Waals surface area contributed by atoms with Crippen LogP contribution in [0.3, 0.4) is 0 Å². The number of hydrogen-bond donors (Lipinski definition) is 2. The van der Waals surface area contributed by atoms with Crippen LogP contribution in [0, 0.1) is 5.41 Å². The van der Waals surface area contributed by atoms with Crippen molar-refractivity contribution in [2.24, 2.45) is 5.41 Å². The maximum Gasteiger partial charge on any atom is 0.287 e. The van der Waals surface area contributed by atoms with Crippen LogP contribution in [0.15, 0.2) is 22.8 Å². The van der Waals surface area contributed by atoms with Gasteiger partial charge in [0.15, 0.2) is 5.76 Å². The smallest absolute Gasteiger partial charge is 0.287 e. The molecule has 1 aromatic heterocycles. The second-order valence-corrected chi connectivity index (χ2v) is 6.59. The molecule has 0 bridgehead atoms. The van der Waals surface area contributed by atoms with E-state index in [0.29, 0.717) is 0 Å². The largest absolute Gasteiger partial charge is 0.459 e. The molecule has 1 heterocycles. The van der Waals surface area contributed by atoms with Crippen molar-refractivity contribution in [3.8, 4) is 0 Å². The summed E-state index contributed by atoms with van der Waals surface area (Å²) in [6.45, 7) is 7.82. The first-order valence-electron chi connectivity index (χ1n) is 7.41. The third-order valence-electron chi connectivity index (χ3n) is 5.08. The molecular weight excluding hydrogens is 284 g/mol. The second kappa shape index (κ2) is 5.76. The Morgan fingerprint density at radius 2 is 2.09 bits per heavy atom. The molecule has 2 amide bonds. The Balaban J connectivity index is 1.89. The summed E-state index contributed by atoms with van der Waals surface area (Å²) >= 11 is 0. The summed E-state index contributed by atoms with van der Waals surface area (Å²) < 4.78 is 10.5. The van der Waals surface area contributed by atoms with Gasteiger partial charge in [-0.1, -0.05) is 13.8 Å². The van der Waals surface area contributed by atoms with Gasteiger partial charge >= 0.3 is 0 Å². The average molecular weight is 308 g/mol. The monoisotopic (exact) mass is 308 g/mol. The highest BCUT2D eigenvalue weighted by molar-refractivity contribution is 5.95. The van der Waals surface area contributed by atoms with E-state index in [9.17, 15) is 9.59 Å². The molecule has 6 heteroatoms. The highest BCUT2D eigenvalue weighted by atomic mass is 16.5. The van der Waals surface area contributed by atoms with E-state index in [4.69, 9.17) is 9.15 Å². The molecule has 1 aliphatic rings. The number of hydrogen-bond acceptors (Lipinski definition) is 4. The molecule has 0 spiro atoms. The molecule has 1 saturated carbocycles. The van der Waals surface area contributed by atoms with Crippen LogP contribution in [0.2, 0.25) is 0 Å². The van der Waals surface area contributed by atoms with Crippen LogP contribution in [0.1, 0.15) is 44.7 Å². The van der Waals surface area contributed by atoms with E-state index in [1.807, 2.05) is 6.92 Å². The summed E-state index contributed by atoms with van der Waals surface area (Å²) in [5.41, 5.74) is -0.409. The molecule has 1 aromatic rings. The van der Waals surface area contributed by atoms with Gasteiger partial charge in [-0.25, -0.2) is 0 Å². The molecular formula is C16H24N2O4. The van der Waals surface area contributed by atoms with Crippen molar-refractivity contribution in [1.29, 1.82) is 0 Å².